The summed E-state index contributed by atoms with van der Waals surface area (Å²) in [5.74, 6) is 2.25. The van der Waals surface area contributed by atoms with Crippen molar-refractivity contribution in [3.63, 3.8) is 0 Å². The minimum absolute atomic E-state index is 0.0848. The maximum atomic E-state index is 12.4. The summed E-state index contributed by atoms with van der Waals surface area (Å²) in [6.45, 7) is 5.85. The van der Waals surface area contributed by atoms with Gasteiger partial charge in [0, 0.05) is 31.9 Å². The number of hydrogen-bond acceptors (Lipinski definition) is 7. The number of benzene rings is 1. The number of carbonyl (C=O) groups excluding carboxylic acids is 1. The third-order valence-electron chi connectivity index (χ3n) is 5.66. The van der Waals surface area contributed by atoms with Gasteiger partial charge in [-0.15, -0.1) is 0 Å². The van der Waals surface area contributed by atoms with Crippen LogP contribution in [0.5, 0.6) is 0 Å². The van der Waals surface area contributed by atoms with Gasteiger partial charge in [-0.05, 0) is 31.2 Å². The number of furan rings is 1. The molecule has 0 spiro atoms. The molecule has 1 aromatic carbocycles. The minimum Gasteiger partial charge on any atom is -0.465 e. The number of rotatable bonds is 6. The van der Waals surface area contributed by atoms with E-state index >= 15 is 0 Å². The summed E-state index contributed by atoms with van der Waals surface area (Å²) in [6.07, 6.45) is 3.29. The van der Waals surface area contributed by atoms with Crippen molar-refractivity contribution >= 4 is 28.4 Å². The van der Waals surface area contributed by atoms with E-state index in [1.54, 1.807) is 17.2 Å². The lowest BCUT2D eigenvalue weighted by Gasteiger charge is -2.36. The summed E-state index contributed by atoms with van der Waals surface area (Å²) in [5.41, 5.74) is 1.90. The predicted molar refractivity (Wildman–Crippen MR) is 121 cm³/mol. The van der Waals surface area contributed by atoms with Crippen molar-refractivity contribution in [2.75, 3.05) is 36.0 Å². The van der Waals surface area contributed by atoms with Crippen LogP contribution >= 0.6 is 0 Å². The molecule has 4 aromatic rings. The first-order chi connectivity index (χ1) is 15.7. The summed E-state index contributed by atoms with van der Waals surface area (Å²) in [6, 6.07) is 14.2. The fraction of sp³-hybridized carbons (Fsp3) is 0.304. The van der Waals surface area contributed by atoms with Gasteiger partial charge < -0.3 is 19.5 Å². The first kappa shape index (κ1) is 20.0. The van der Waals surface area contributed by atoms with E-state index in [9.17, 15) is 4.79 Å². The molecule has 3 aromatic heterocycles. The van der Waals surface area contributed by atoms with E-state index in [2.05, 4.69) is 54.4 Å². The lowest BCUT2D eigenvalue weighted by molar-refractivity contribution is -0.122. The number of carbonyl (C=O) groups is 1. The lowest BCUT2D eigenvalue weighted by atomic mass is 10.2. The van der Waals surface area contributed by atoms with E-state index in [1.165, 1.54) is 5.69 Å². The normalized spacial score (nSPS) is 14.2. The summed E-state index contributed by atoms with van der Waals surface area (Å²) < 4.78 is 7.11. The number of para-hydroxylation sites is 1. The third kappa shape index (κ3) is 4.14. The Labute approximate surface area is 185 Å². The second kappa shape index (κ2) is 8.70. The molecule has 0 radical (unpaired) electrons. The van der Waals surface area contributed by atoms with Crippen LogP contribution in [0.4, 0.5) is 11.5 Å². The summed E-state index contributed by atoms with van der Waals surface area (Å²) in [5, 5.41) is 8.12. The molecule has 1 fully saturated rings. The molecular formula is C23H25N7O2. The van der Waals surface area contributed by atoms with Crippen LogP contribution in [0.3, 0.4) is 0 Å². The monoisotopic (exact) mass is 431 g/mol. The number of anilines is 2. The number of aryl methyl sites for hydroxylation is 1. The Morgan fingerprint density at radius 1 is 1.03 bits per heavy atom. The molecule has 0 unspecified atom stereocenters. The molecule has 9 nitrogen and oxygen atoms in total. The highest BCUT2D eigenvalue weighted by Crippen LogP contribution is 2.25. The van der Waals surface area contributed by atoms with Crippen molar-refractivity contribution < 1.29 is 9.21 Å². The standard InChI is InChI=1S/C23H25N7O2/c1-17-7-8-19(32-17)13-24-21(31)15-30-23-20(14-27-30)22(25-16-26-23)29-11-9-28(10-12-29)18-5-3-2-4-6-18/h2-8,14,16H,9-13,15H2,1H3,(H,24,31). The Bertz CT molecular complexity index is 1210. The molecule has 1 amide bonds. The van der Waals surface area contributed by atoms with Crippen molar-refractivity contribution in [3.05, 3.63) is 66.5 Å². The van der Waals surface area contributed by atoms with Gasteiger partial charge >= 0.3 is 0 Å². The van der Waals surface area contributed by atoms with Crippen LogP contribution < -0.4 is 15.1 Å². The number of aromatic nitrogens is 4. The number of nitrogens with one attached hydrogen (secondary N) is 1. The van der Waals surface area contributed by atoms with Gasteiger partial charge in [0.05, 0.1) is 18.1 Å². The van der Waals surface area contributed by atoms with Crippen LogP contribution in [-0.2, 0) is 17.9 Å². The molecule has 0 atom stereocenters. The van der Waals surface area contributed by atoms with Crippen molar-refractivity contribution in [1.29, 1.82) is 0 Å². The number of nitrogens with zero attached hydrogens (tertiary/aromatic N) is 6. The van der Waals surface area contributed by atoms with Gasteiger partial charge in [-0.25, -0.2) is 14.6 Å². The SMILES string of the molecule is Cc1ccc(CNC(=O)Cn2ncc3c(N4CCN(c5ccccc5)CC4)ncnc32)o1. The van der Waals surface area contributed by atoms with Gasteiger partial charge in [0.2, 0.25) is 5.91 Å². The van der Waals surface area contributed by atoms with E-state index in [4.69, 9.17) is 4.42 Å². The number of amides is 1. The van der Waals surface area contributed by atoms with Crippen LogP contribution in [0, 0.1) is 6.92 Å². The highest BCUT2D eigenvalue weighted by atomic mass is 16.3. The zero-order chi connectivity index (χ0) is 21.9. The number of hydrogen-bond donors (Lipinski definition) is 1. The van der Waals surface area contributed by atoms with Crippen LogP contribution in [0.25, 0.3) is 11.0 Å². The van der Waals surface area contributed by atoms with E-state index in [0.29, 0.717) is 12.2 Å². The smallest absolute Gasteiger partial charge is 0.242 e. The highest BCUT2D eigenvalue weighted by Gasteiger charge is 2.22. The average molecular weight is 432 g/mol. The molecule has 1 saturated heterocycles. The first-order valence-electron chi connectivity index (χ1n) is 10.7. The molecule has 1 aliphatic heterocycles. The lowest BCUT2D eigenvalue weighted by Crippen LogP contribution is -2.46. The minimum atomic E-state index is -0.152. The van der Waals surface area contributed by atoms with Crippen LogP contribution in [0.15, 0.2) is 59.4 Å². The number of piperazine rings is 1. The zero-order valence-electron chi connectivity index (χ0n) is 17.9. The van der Waals surface area contributed by atoms with E-state index in [1.807, 2.05) is 25.1 Å². The molecule has 32 heavy (non-hydrogen) atoms. The molecule has 164 valence electrons. The van der Waals surface area contributed by atoms with E-state index in [0.717, 1.165) is 48.9 Å². The van der Waals surface area contributed by atoms with Crippen LogP contribution in [-0.4, -0.2) is 51.8 Å². The molecule has 1 N–H and O–H groups in total. The predicted octanol–water partition coefficient (Wildman–Crippen LogP) is 2.37. The molecular weight excluding hydrogens is 406 g/mol. The van der Waals surface area contributed by atoms with Crippen molar-refractivity contribution in [1.82, 2.24) is 25.1 Å². The Kier molecular flexibility index (Phi) is 5.45. The maximum Gasteiger partial charge on any atom is 0.242 e. The second-order valence-electron chi connectivity index (χ2n) is 7.84. The van der Waals surface area contributed by atoms with Crippen molar-refractivity contribution in [2.24, 2.45) is 0 Å². The molecule has 5 rings (SSSR count). The zero-order valence-corrected chi connectivity index (χ0v) is 17.9. The van der Waals surface area contributed by atoms with Gasteiger partial charge in [-0.3, -0.25) is 4.79 Å². The fourth-order valence-corrected chi connectivity index (χ4v) is 4.02. The highest BCUT2D eigenvalue weighted by molar-refractivity contribution is 5.88. The van der Waals surface area contributed by atoms with Crippen LogP contribution in [0.2, 0.25) is 0 Å². The number of fused-ring (bicyclic) bond motifs is 1. The van der Waals surface area contributed by atoms with E-state index < -0.39 is 0 Å². The van der Waals surface area contributed by atoms with Gasteiger partial charge in [-0.1, -0.05) is 18.2 Å². The molecule has 1 aliphatic rings. The van der Waals surface area contributed by atoms with Gasteiger partial charge in [0.15, 0.2) is 5.65 Å². The van der Waals surface area contributed by atoms with Crippen molar-refractivity contribution in [2.45, 2.75) is 20.0 Å². The Hall–Kier alpha value is -3.88. The maximum absolute atomic E-state index is 12.4. The van der Waals surface area contributed by atoms with Gasteiger partial charge in [0.1, 0.15) is 30.2 Å². The van der Waals surface area contributed by atoms with Crippen LogP contribution in [0.1, 0.15) is 11.5 Å². The van der Waals surface area contributed by atoms with E-state index in [-0.39, 0.29) is 12.5 Å². The third-order valence-corrected chi connectivity index (χ3v) is 5.66. The van der Waals surface area contributed by atoms with Gasteiger partial charge in [0.25, 0.3) is 0 Å². The molecule has 0 aliphatic carbocycles. The summed E-state index contributed by atoms with van der Waals surface area (Å²) >= 11 is 0. The molecule has 4 heterocycles. The largest absolute Gasteiger partial charge is 0.465 e. The topological polar surface area (TPSA) is 92.3 Å². The Morgan fingerprint density at radius 2 is 1.81 bits per heavy atom. The quantitative estimate of drug-likeness (QED) is 0.501. The first-order valence-corrected chi connectivity index (χ1v) is 10.7. The summed E-state index contributed by atoms with van der Waals surface area (Å²) in [7, 11) is 0. The second-order valence-corrected chi connectivity index (χ2v) is 7.84. The molecule has 0 saturated carbocycles. The van der Waals surface area contributed by atoms with Crippen molar-refractivity contribution in [3.8, 4) is 0 Å². The summed E-state index contributed by atoms with van der Waals surface area (Å²) in [4.78, 5) is 26.0. The Morgan fingerprint density at radius 3 is 2.56 bits per heavy atom. The fourth-order valence-electron chi connectivity index (χ4n) is 4.02. The molecule has 9 heteroatoms. The Balaban J connectivity index is 1.25. The van der Waals surface area contributed by atoms with Gasteiger partial charge in [-0.2, -0.15) is 5.10 Å². The molecule has 0 bridgehead atoms. The average Bonchev–Trinajstić information content (AvgIpc) is 3.44.